The SMILES string of the molecule is COc1ccc2[nH]cc(C(C)(C)C(=O)N3CCN(C(=O)c4ccco4)CC3)c2c1. The van der Waals surface area contributed by atoms with Gasteiger partial charge in [-0.25, -0.2) is 0 Å². The molecule has 1 fully saturated rings. The summed E-state index contributed by atoms with van der Waals surface area (Å²) < 4.78 is 10.5. The number of rotatable bonds is 4. The fraction of sp³-hybridized carbons (Fsp3) is 0.364. The van der Waals surface area contributed by atoms with Crippen LogP contribution in [-0.4, -0.2) is 59.9 Å². The fourth-order valence-corrected chi connectivity index (χ4v) is 3.92. The lowest BCUT2D eigenvalue weighted by Crippen LogP contribution is -2.54. The first-order chi connectivity index (χ1) is 13.9. The summed E-state index contributed by atoms with van der Waals surface area (Å²) in [6.07, 6.45) is 3.39. The number of furan rings is 1. The molecule has 1 saturated heterocycles. The van der Waals surface area contributed by atoms with Gasteiger partial charge in [0.2, 0.25) is 5.91 Å². The van der Waals surface area contributed by atoms with Crippen LogP contribution in [0, 0.1) is 0 Å². The van der Waals surface area contributed by atoms with E-state index in [4.69, 9.17) is 9.15 Å². The Morgan fingerprint density at radius 2 is 1.83 bits per heavy atom. The minimum atomic E-state index is -0.711. The highest BCUT2D eigenvalue weighted by molar-refractivity contribution is 5.95. The Kier molecular flexibility index (Phi) is 4.82. The number of ether oxygens (including phenoxy) is 1. The number of hydrogen-bond donors (Lipinski definition) is 1. The zero-order valence-electron chi connectivity index (χ0n) is 16.9. The zero-order chi connectivity index (χ0) is 20.6. The van der Waals surface area contributed by atoms with Crippen LogP contribution in [0.1, 0.15) is 30.0 Å². The molecule has 3 heterocycles. The minimum Gasteiger partial charge on any atom is -0.497 e. The number of nitrogens with zero attached hydrogens (tertiary/aromatic N) is 2. The third kappa shape index (κ3) is 3.37. The van der Waals surface area contributed by atoms with Crippen molar-refractivity contribution >= 4 is 22.7 Å². The van der Waals surface area contributed by atoms with Crippen LogP contribution in [0.5, 0.6) is 5.75 Å². The molecule has 7 heteroatoms. The number of carbonyl (C=O) groups is 2. The molecule has 1 N–H and O–H groups in total. The van der Waals surface area contributed by atoms with E-state index in [9.17, 15) is 9.59 Å². The molecule has 0 aliphatic carbocycles. The van der Waals surface area contributed by atoms with Gasteiger partial charge in [-0.2, -0.15) is 0 Å². The summed E-state index contributed by atoms with van der Waals surface area (Å²) in [7, 11) is 1.63. The first-order valence-corrected chi connectivity index (χ1v) is 9.69. The maximum atomic E-state index is 13.4. The first-order valence-electron chi connectivity index (χ1n) is 9.69. The fourth-order valence-electron chi connectivity index (χ4n) is 3.92. The van der Waals surface area contributed by atoms with Gasteiger partial charge in [0, 0.05) is 43.3 Å². The van der Waals surface area contributed by atoms with Crippen molar-refractivity contribution in [3.05, 3.63) is 54.1 Å². The number of aromatic amines is 1. The number of amides is 2. The number of benzene rings is 1. The normalized spacial score (nSPS) is 15.0. The number of methoxy groups -OCH3 is 1. The number of H-pyrrole nitrogens is 1. The Labute approximate surface area is 169 Å². The molecule has 152 valence electrons. The summed E-state index contributed by atoms with van der Waals surface area (Å²) in [4.78, 5) is 32.6. The van der Waals surface area contributed by atoms with E-state index < -0.39 is 5.41 Å². The van der Waals surface area contributed by atoms with Crippen LogP contribution in [-0.2, 0) is 10.2 Å². The van der Waals surface area contributed by atoms with E-state index in [1.165, 1.54) is 6.26 Å². The molecule has 3 aromatic rings. The molecule has 1 aliphatic heterocycles. The molecule has 4 rings (SSSR count). The highest BCUT2D eigenvalue weighted by Gasteiger charge is 2.37. The van der Waals surface area contributed by atoms with Gasteiger partial charge in [-0.05, 0) is 49.7 Å². The number of piperazine rings is 1. The van der Waals surface area contributed by atoms with Gasteiger partial charge in [0.15, 0.2) is 5.76 Å². The standard InChI is InChI=1S/C22H25N3O4/c1-22(2,17-14-23-18-7-6-15(28-3)13-16(17)18)21(27)25-10-8-24(9-11-25)20(26)19-5-4-12-29-19/h4-7,12-14,23H,8-11H2,1-3H3. The van der Waals surface area contributed by atoms with Crippen LogP contribution in [0.3, 0.4) is 0 Å². The number of fused-ring (bicyclic) bond motifs is 1. The number of hydrogen-bond acceptors (Lipinski definition) is 4. The van der Waals surface area contributed by atoms with Gasteiger partial charge in [0.1, 0.15) is 5.75 Å². The molecule has 2 amide bonds. The van der Waals surface area contributed by atoms with E-state index in [0.717, 1.165) is 22.2 Å². The van der Waals surface area contributed by atoms with Crippen molar-refractivity contribution in [3.63, 3.8) is 0 Å². The summed E-state index contributed by atoms with van der Waals surface area (Å²) in [5.41, 5.74) is 1.19. The predicted molar refractivity (Wildman–Crippen MR) is 109 cm³/mol. The predicted octanol–water partition coefficient (Wildman–Crippen LogP) is 3.03. The summed E-state index contributed by atoms with van der Waals surface area (Å²) in [5, 5.41) is 0.981. The van der Waals surface area contributed by atoms with Crippen LogP contribution < -0.4 is 4.74 Å². The van der Waals surface area contributed by atoms with Crippen LogP contribution in [0.2, 0.25) is 0 Å². The summed E-state index contributed by atoms with van der Waals surface area (Å²) in [6, 6.07) is 9.17. The van der Waals surface area contributed by atoms with Gasteiger partial charge in [-0.1, -0.05) is 0 Å². The third-order valence-corrected chi connectivity index (χ3v) is 5.68. The van der Waals surface area contributed by atoms with Gasteiger partial charge in [0.25, 0.3) is 5.91 Å². The quantitative estimate of drug-likeness (QED) is 0.737. The van der Waals surface area contributed by atoms with E-state index in [1.54, 1.807) is 24.1 Å². The molecule has 0 bridgehead atoms. The maximum Gasteiger partial charge on any atom is 0.289 e. The first kappa shape index (κ1) is 19.1. The van der Waals surface area contributed by atoms with E-state index in [0.29, 0.717) is 31.9 Å². The van der Waals surface area contributed by atoms with Crippen molar-refractivity contribution in [1.29, 1.82) is 0 Å². The molecule has 2 aromatic heterocycles. The lowest BCUT2D eigenvalue weighted by Gasteiger charge is -2.38. The van der Waals surface area contributed by atoms with Crippen molar-refractivity contribution in [2.75, 3.05) is 33.3 Å². The van der Waals surface area contributed by atoms with Crippen LogP contribution >= 0.6 is 0 Å². The van der Waals surface area contributed by atoms with E-state index in [2.05, 4.69) is 4.98 Å². The summed E-state index contributed by atoms with van der Waals surface area (Å²) >= 11 is 0. The molecular weight excluding hydrogens is 370 g/mol. The van der Waals surface area contributed by atoms with Crippen LogP contribution in [0.15, 0.2) is 47.2 Å². The summed E-state index contributed by atoms with van der Waals surface area (Å²) in [6.45, 7) is 5.86. The maximum absolute atomic E-state index is 13.4. The second-order valence-corrected chi connectivity index (χ2v) is 7.80. The summed E-state index contributed by atoms with van der Waals surface area (Å²) in [5.74, 6) is 1.00. The van der Waals surface area contributed by atoms with Gasteiger partial charge in [0.05, 0.1) is 18.8 Å². The molecule has 0 radical (unpaired) electrons. The zero-order valence-corrected chi connectivity index (χ0v) is 16.9. The average molecular weight is 395 g/mol. The molecule has 0 spiro atoms. The monoisotopic (exact) mass is 395 g/mol. The largest absolute Gasteiger partial charge is 0.497 e. The number of aromatic nitrogens is 1. The molecular formula is C22H25N3O4. The smallest absolute Gasteiger partial charge is 0.289 e. The van der Waals surface area contributed by atoms with Gasteiger partial charge >= 0.3 is 0 Å². The van der Waals surface area contributed by atoms with Crippen molar-refractivity contribution in [2.24, 2.45) is 0 Å². The highest BCUT2D eigenvalue weighted by Crippen LogP contribution is 2.34. The molecule has 1 aromatic carbocycles. The van der Waals surface area contributed by atoms with Gasteiger partial charge < -0.3 is 23.9 Å². The second-order valence-electron chi connectivity index (χ2n) is 7.80. The second kappa shape index (κ2) is 7.31. The van der Waals surface area contributed by atoms with E-state index in [-0.39, 0.29) is 11.8 Å². The Hall–Kier alpha value is -3.22. The Bertz CT molecular complexity index is 1030. The number of nitrogens with one attached hydrogen (secondary N) is 1. The van der Waals surface area contributed by atoms with Gasteiger partial charge in [-0.15, -0.1) is 0 Å². The van der Waals surface area contributed by atoms with Crippen molar-refractivity contribution in [3.8, 4) is 5.75 Å². The molecule has 0 atom stereocenters. The van der Waals surface area contributed by atoms with Gasteiger partial charge in [-0.3, -0.25) is 9.59 Å². The van der Waals surface area contributed by atoms with Crippen molar-refractivity contribution < 1.29 is 18.7 Å². The lowest BCUT2D eigenvalue weighted by molar-refractivity contribution is -0.137. The molecule has 7 nitrogen and oxygen atoms in total. The molecule has 0 unspecified atom stereocenters. The van der Waals surface area contributed by atoms with Crippen LogP contribution in [0.4, 0.5) is 0 Å². The molecule has 29 heavy (non-hydrogen) atoms. The third-order valence-electron chi connectivity index (χ3n) is 5.68. The van der Waals surface area contributed by atoms with Crippen molar-refractivity contribution in [1.82, 2.24) is 14.8 Å². The minimum absolute atomic E-state index is 0.0475. The number of carbonyl (C=O) groups excluding carboxylic acids is 2. The highest BCUT2D eigenvalue weighted by atomic mass is 16.5. The van der Waals surface area contributed by atoms with Crippen LogP contribution in [0.25, 0.3) is 10.9 Å². The van der Waals surface area contributed by atoms with Crippen molar-refractivity contribution in [2.45, 2.75) is 19.3 Å². The Balaban J connectivity index is 1.50. The Morgan fingerprint density at radius 1 is 1.10 bits per heavy atom. The van der Waals surface area contributed by atoms with E-state index in [1.807, 2.05) is 43.1 Å². The molecule has 0 saturated carbocycles. The lowest BCUT2D eigenvalue weighted by atomic mass is 9.82. The topological polar surface area (TPSA) is 78.8 Å². The Morgan fingerprint density at radius 3 is 2.48 bits per heavy atom. The average Bonchev–Trinajstić information content (AvgIpc) is 3.42. The van der Waals surface area contributed by atoms with E-state index >= 15 is 0 Å². The molecule has 1 aliphatic rings.